The predicted octanol–water partition coefficient (Wildman–Crippen LogP) is 3.84. The van der Waals surface area contributed by atoms with Gasteiger partial charge in [-0.3, -0.25) is 0 Å². The highest BCUT2D eigenvalue weighted by atomic mass is 16.3. The molecule has 2 aromatic rings. The summed E-state index contributed by atoms with van der Waals surface area (Å²) in [5.41, 5.74) is 3.71. The predicted molar refractivity (Wildman–Crippen MR) is 78.8 cm³/mol. The fraction of sp³-hybridized carbons (Fsp3) is 0.375. The number of fused-ring (bicyclic) bond motifs is 1. The van der Waals surface area contributed by atoms with Crippen LogP contribution in [0.15, 0.2) is 41.0 Å². The number of rotatable bonds is 3. The first kappa shape index (κ1) is 12.2. The van der Waals surface area contributed by atoms with Crippen molar-refractivity contribution in [2.24, 2.45) is 0 Å². The molecule has 1 heterocycles. The molecule has 19 heavy (non-hydrogen) atoms. The molecule has 1 aliphatic rings. The molecule has 0 spiro atoms. The summed E-state index contributed by atoms with van der Waals surface area (Å²) in [6, 6.07) is 11.0. The van der Waals surface area contributed by atoms with Gasteiger partial charge in [0, 0.05) is 37.5 Å². The minimum absolute atomic E-state index is 0.375. The van der Waals surface area contributed by atoms with Crippen molar-refractivity contribution in [3.63, 3.8) is 0 Å². The van der Waals surface area contributed by atoms with Crippen LogP contribution in [0.2, 0.25) is 0 Å². The second-order valence-corrected chi connectivity index (χ2v) is 5.33. The lowest BCUT2D eigenvalue weighted by Gasteiger charge is -2.24. The molecular weight excluding hydrogens is 236 g/mol. The molecule has 0 saturated carbocycles. The Morgan fingerprint density at radius 1 is 1.26 bits per heavy atom. The number of hydrogen-bond donors (Lipinski definition) is 1. The van der Waals surface area contributed by atoms with Crippen molar-refractivity contribution in [1.29, 1.82) is 0 Å². The number of nitrogens with one attached hydrogen (secondary N) is 1. The molecule has 0 fully saturated rings. The lowest BCUT2D eigenvalue weighted by molar-refractivity contribution is 0.461. The lowest BCUT2D eigenvalue weighted by atomic mass is 9.93. The molecule has 3 nitrogen and oxygen atoms in total. The van der Waals surface area contributed by atoms with Gasteiger partial charge in [-0.1, -0.05) is 6.07 Å². The Morgan fingerprint density at radius 3 is 3.00 bits per heavy atom. The highest BCUT2D eigenvalue weighted by molar-refractivity contribution is 5.58. The van der Waals surface area contributed by atoms with Crippen molar-refractivity contribution < 1.29 is 4.42 Å². The van der Waals surface area contributed by atoms with E-state index >= 15 is 0 Å². The second-order valence-electron chi connectivity index (χ2n) is 5.33. The van der Waals surface area contributed by atoms with Crippen molar-refractivity contribution >= 4 is 11.4 Å². The zero-order chi connectivity index (χ0) is 13.2. The summed E-state index contributed by atoms with van der Waals surface area (Å²) in [7, 11) is 4.13. The number of aryl methyl sites for hydroxylation is 1. The highest BCUT2D eigenvalue weighted by Crippen LogP contribution is 2.33. The molecule has 3 rings (SSSR count). The van der Waals surface area contributed by atoms with Crippen molar-refractivity contribution in [3.8, 4) is 0 Å². The van der Waals surface area contributed by atoms with Gasteiger partial charge in [0.1, 0.15) is 5.76 Å². The van der Waals surface area contributed by atoms with Gasteiger partial charge in [0.05, 0.1) is 12.3 Å². The van der Waals surface area contributed by atoms with Gasteiger partial charge < -0.3 is 14.6 Å². The van der Waals surface area contributed by atoms with Gasteiger partial charge in [-0.2, -0.15) is 0 Å². The third kappa shape index (κ3) is 2.46. The summed E-state index contributed by atoms with van der Waals surface area (Å²) >= 11 is 0. The minimum Gasteiger partial charge on any atom is -0.469 e. The highest BCUT2D eigenvalue weighted by Gasteiger charge is 2.22. The maximum absolute atomic E-state index is 5.54. The van der Waals surface area contributed by atoms with Gasteiger partial charge in [0.15, 0.2) is 0 Å². The van der Waals surface area contributed by atoms with Crippen molar-refractivity contribution in [2.45, 2.75) is 25.3 Å². The molecule has 100 valence electrons. The monoisotopic (exact) mass is 256 g/mol. The number of benzene rings is 1. The molecule has 1 aromatic carbocycles. The Morgan fingerprint density at radius 2 is 2.16 bits per heavy atom. The van der Waals surface area contributed by atoms with Crippen LogP contribution in [0.3, 0.4) is 0 Å². The maximum Gasteiger partial charge on any atom is 0.109 e. The average molecular weight is 256 g/mol. The zero-order valence-electron chi connectivity index (χ0n) is 11.5. The van der Waals surface area contributed by atoms with Crippen LogP contribution in [0, 0.1) is 0 Å². The van der Waals surface area contributed by atoms with Crippen molar-refractivity contribution in [3.05, 3.63) is 47.9 Å². The summed E-state index contributed by atoms with van der Waals surface area (Å²) in [6.45, 7) is 0. The Labute approximate surface area is 114 Å². The van der Waals surface area contributed by atoms with Crippen LogP contribution in [0.25, 0.3) is 0 Å². The molecule has 0 saturated heterocycles. The molecule has 0 amide bonds. The summed E-state index contributed by atoms with van der Waals surface area (Å²) in [5, 5.41) is 3.63. The minimum atomic E-state index is 0.375. The van der Waals surface area contributed by atoms with Gasteiger partial charge in [-0.25, -0.2) is 0 Å². The lowest BCUT2D eigenvalue weighted by Crippen LogP contribution is -2.16. The standard InChI is InChI=1S/C16H20N2O/c1-18(2)13-6-3-5-12(11-13)17-15-7-4-8-16-14(15)9-10-19-16/h3,5-6,9-11,15,17H,4,7-8H2,1-2H3. The van der Waals surface area contributed by atoms with Crippen molar-refractivity contribution in [1.82, 2.24) is 0 Å². The van der Waals surface area contributed by atoms with Crippen molar-refractivity contribution in [2.75, 3.05) is 24.3 Å². The van der Waals surface area contributed by atoms with Crippen LogP contribution in [-0.4, -0.2) is 14.1 Å². The van der Waals surface area contributed by atoms with E-state index in [0.717, 1.165) is 12.2 Å². The largest absolute Gasteiger partial charge is 0.469 e. The van der Waals surface area contributed by atoms with E-state index in [2.05, 4.69) is 54.6 Å². The fourth-order valence-corrected chi connectivity index (χ4v) is 2.71. The summed E-state index contributed by atoms with van der Waals surface area (Å²) < 4.78 is 5.54. The van der Waals surface area contributed by atoms with E-state index in [1.54, 1.807) is 6.26 Å². The van der Waals surface area contributed by atoms with Crippen LogP contribution in [0.4, 0.5) is 11.4 Å². The van der Waals surface area contributed by atoms with E-state index in [0.29, 0.717) is 6.04 Å². The number of anilines is 2. The average Bonchev–Trinajstić information content (AvgIpc) is 2.88. The smallest absolute Gasteiger partial charge is 0.109 e. The van der Waals surface area contributed by atoms with Gasteiger partial charge in [-0.15, -0.1) is 0 Å². The number of furan rings is 1. The number of nitrogens with zero attached hydrogens (tertiary/aromatic N) is 1. The molecule has 1 atom stereocenters. The van der Waals surface area contributed by atoms with Gasteiger partial charge in [0.25, 0.3) is 0 Å². The molecule has 1 aromatic heterocycles. The second kappa shape index (κ2) is 5.00. The first-order valence-electron chi connectivity index (χ1n) is 6.84. The van der Waals surface area contributed by atoms with Crippen LogP contribution < -0.4 is 10.2 Å². The summed E-state index contributed by atoms with van der Waals surface area (Å²) in [5.74, 6) is 1.15. The van der Waals surface area contributed by atoms with E-state index in [9.17, 15) is 0 Å². The molecule has 1 N–H and O–H groups in total. The van der Waals surface area contributed by atoms with Crippen LogP contribution in [0.5, 0.6) is 0 Å². The molecule has 3 heteroatoms. The van der Waals surface area contributed by atoms with E-state index in [-0.39, 0.29) is 0 Å². The third-order valence-corrected chi connectivity index (χ3v) is 3.76. The first-order chi connectivity index (χ1) is 9.24. The maximum atomic E-state index is 5.54. The quantitative estimate of drug-likeness (QED) is 0.904. The van der Waals surface area contributed by atoms with Crippen LogP contribution in [0.1, 0.15) is 30.2 Å². The van der Waals surface area contributed by atoms with Crippen LogP contribution in [-0.2, 0) is 6.42 Å². The molecule has 1 aliphatic carbocycles. The Hall–Kier alpha value is -1.90. The van der Waals surface area contributed by atoms with Gasteiger partial charge in [-0.05, 0) is 37.1 Å². The van der Waals surface area contributed by atoms with Gasteiger partial charge in [0.2, 0.25) is 0 Å². The van der Waals surface area contributed by atoms with E-state index in [4.69, 9.17) is 4.42 Å². The first-order valence-corrected chi connectivity index (χ1v) is 6.84. The molecular formula is C16H20N2O. The third-order valence-electron chi connectivity index (χ3n) is 3.76. The van der Waals surface area contributed by atoms with E-state index < -0.39 is 0 Å². The SMILES string of the molecule is CN(C)c1cccc(NC2CCCc3occc32)c1. The zero-order valence-corrected chi connectivity index (χ0v) is 11.5. The van der Waals surface area contributed by atoms with E-state index in [1.165, 1.54) is 29.8 Å². The normalized spacial score (nSPS) is 17.9. The van der Waals surface area contributed by atoms with Crippen LogP contribution >= 0.6 is 0 Å². The van der Waals surface area contributed by atoms with E-state index in [1.807, 2.05) is 0 Å². The molecule has 0 aliphatic heterocycles. The Bertz CT molecular complexity index is 559. The molecule has 1 unspecified atom stereocenters. The Balaban J connectivity index is 1.81. The topological polar surface area (TPSA) is 28.4 Å². The number of hydrogen-bond acceptors (Lipinski definition) is 3. The summed E-state index contributed by atoms with van der Waals surface area (Å²) in [4.78, 5) is 2.12. The summed E-state index contributed by atoms with van der Waals surface area (Å²) in [6.07, 6.45) is 5.23. The molecule has 0 bridgehead atoms. The Kier molecular flexibility index (Phi) is 3.20. The fourth-order valence-electron chi connectivity index (χ4n) is 2.71. The van der Waals surface area contributed by atoms with Gasteiger partial charge >= 0.3 is 0 Å². The molecule has 0 radical (unpaired) electrons.